The number of carbonyl (C=O) groups is 2. The maximum Gasteiger partial charge on any atom is 0.246 e. The first kappa shape index (κ1) is 16.7. The highest BCUT2D eigenvalue weighted by Gasteiger charge is 2.57. The zero-order valence-electron chi connectivity index (χ0n) is 14.1. The molecule has 1 aliphatic rings. The van der Waals surface area contributed by atoms with Crippen LogP contribution in [0.3, 0.4) is 0 Å². The van der Waals surface area contributed by atoms with Gasteiger partial charge in [0.05, 0.1) is 15.2 Å². The summed E-state index contributed by atoms with van der Waals surface area (Å²) >= 11 is 0. The highest BCUT2D eigenvalue weighted by Crippen LogP contribution is 2.32. The van der Waals surface area contributed by atoms with E-state index in [1.165, 1.54) is 0 Å². The number of rotatable bonds is 4. The van der Waals surface area contributed by atoms with Crippen molar-refractivity contribution in [1.29, 1.82) is 0 Å². The number of nitrogens with one attached hydrogen (secondary N) is 1. The molecule has 1 fully saturated rings. The molecule has 5 heteroatoms. The molecular formula is C17H26N2O2Si. The molecule has 0 radical (unpaired) electrons. The summed E-state index contributed by atoms with van der Waals surface area (Å²) in [6, 6.07) is 9.64. The zero-order valence-corrected chi connectivity index (χ0v) is 15.3. The van der Waals surface area contributed by atoms with Crippen LogP contribution in [0.25, 0.3) is 0 Å². The Morgan fingerprint density at radius 1 is 1.27 bits per heavy atom. The van der Waals surface area contributed by atoms with E-state index in [-0.39, 0.29) is 17.4 Å². The molecule has 0 bridgehead atoms. The van der Waals surface area contributed by atoms with Crippen LogP contribution in [-0.4, -0.2) is 42.8 Å². The highest BCUT2D eigenvalue weighted by molar-refractivity contribution is 6.66. The van der Waals surface area contributed by atoms with Crippen LogP contribution in [0.15, 0.2) is 30.3 Å². The summed E-state index contributed by atoms with van der Waals surface area (Å²) in [6.45, 7) is 11.0. The number of carbonyl (C=O) groups excluding carboxylic acids is 2. The molecule has 1 N–H and O–H groups in total. The molecule has 0 saturated carbocycles. The third kappa shape index (κ3) is 3.09. The van der Waals surface area contributed by atoms with Crippen LogP contribution < -0.4 is 5.32 Å². The van der Waals surface area contributed by atoms with Gasteiger partial charge in [0.15, 0.2) is 0 Å². The van der Waals surface area contributed by atoms with Gasteiger partial charge in [0.2, 0.25) is 11.8 Å². The van der Waals surface area contributed by atoms with Gasteiger partial charge >= 0.3 is 0 Å². The first-order valence-corrected chi connectivity index (χ1v) is 10.7. The summed E-state index contributed by atoms with van der Waals surface area (Å²) in [7, 11) is -1.37. The lowest BCUT2D eigenvalue weighted by molar-refractivity contribution is -0.157. The van der Waals surface area contributed by atoms with Gasteiger partial charge in [0.1, 0.15) is 5.16 Å². The van der Waals surface area contributed by atoms with E-state index >= 15 is 0 Å². The normalized spacial score (nSPS) is 21.7. The minimum absolute atomic E-state index is 0.0608. The molecule has 2 amide bonds. The summed E-state index contributed by atoms with van der Waals surface area (Å²) in [5, 5.41) is 2.45. The van der Waals surface area contributed by atoms with Crippen molar-refractivity contribution >= 4 is 20.6 Å². The lowest BCUT2D eigenvalue weighted by atomic mass is 9.95. The Labute approximate surface area is 134 Å². The van der Waals surface area contributed by atoms with Gasteiger partial charge in [-0.1, -0.05) is 43.4 Å². The summed E-state index contributed by atoms with van der Waals surface area (Å²) < 4.78 is 0. The number of nitrogens with zero attached hydrogens (tertiary/aromatic N) is 1. The third-order valence-electron chi connectivity index (χ3n) is 4.40. The molecule has 4 nitrogen and oxygen atoms in total. The Balaban J connectivity index is 2.08. The summed E-state index contributed by atoms with van der Waals surface area (Å²) in [4.78, 5) is 26.9. The molecule has 120 valence electrons. The molecule has 0 spiro atoms. The molecule has 1 atom stereocenters. The second-order valence-electron chi connectivity index (χ2n) is 7.40. The fourth-order valence-electron chi connectivity index (χ4n) is 2.82. The van der Waals surface area contributed by atoms with Gasteiger partial charge in [-0.25, -0.2) is 0 Å². The van der Waals surface area contributed by atoms with Gasteiger partial charge in [0, 0.05) is 12.1 Å². The van der Waals surface area contributed by atoms with E-state index in [1.807, 2.05) is 56.0 Å². The fourth-order valence-corrected chi connectivity index (χ4v) is 4.47. The summed E-state index contributed by atoms with van der Waals surface area (Å²) in [6.07, 6.45) is 0.326. The molecule has 1 aromatic rings. The van der Waals surface area contributed by atoms with Crippen molar-refractivity contribution in [3.63, 3.8) is 0 Å². The first-order chi connectivity index (χ1) is 10.2. The van der Waals surface area contributed by atoms with E-state index in [4.69, 9.17) is 0 Å². The summed E-state index contributed by atoms with van der Waals surface area (Å²) in [5.74, 6) is 0.0254. The van der Waals surface area contributed by atoms with Crippen molar-refractivity contribution in [2.75, 3.05) is 6.54 Å². The van der Waals surface area contributed by atoms with Gasteiger partial charge in [-0.15, -0.1) is 0 Å². The van der Waals surface area contributed by atoms with Gasteiger partial charge in [0.25, 0.3) is 0 Å². The predicted molar refractivity (Wildman–Crippen MR) is 91.4 cm³/mol. The number of benzene rings is 1. The average molecular weight is 318 g/mol. The number of amides is 2. The fraction of sp³-hybridized carbons (Fsp3) is 0.529. The van der Waals surface area contributed by atoms with E-state index in [9.17, 15) is 9.59 Å². The molecule has 22 heavy (non-hydrogen) atoms. The van der Waals surface area contributed by atoms with E-state index in [2.05, 4.69) is 18.4 Å². The number of hydrogen-bond acceptors (Lipinski definition) is 2. The molecule has 1 heterocycles. The quantitative estimate of drug-likeness (QED) is 0.679. The van der Waals surface area contributed by atoms with E-state index in [0.29, 0.717) is 13.0 Å². The van der Waals surface area contributed by atoms with Crippen molar-refractivity contribution in [2.45, 2.75) is 51.0 Å². The van der Waals surface area contributed by atoms with Crippen molar-refractivity contribution in [2.24, 2.45) is 0 Å². The van der Waals surface area contributed by atoms with Crippen molar-refractivity contribution < 1.29 is 9.59 Å². The van der Waals surface area contributed by atoms with E-state index in [0.717, 1.165) is 5.56 Å². The highest BCUT2D eigenvalue weighted by atomic mass is 28.3. The Hall–Kier alpha value is -1.62. The van der Waals surface area contributed by atoms with Crippen LogP contribution >= 0.6 is 0 Å². The summed E-state index contributed by atoms with van der Waals surface area (Å²) in [5.41, 5.74) is 0.786. The third-order valence-corrected chi connectivity index (χ3v) is 6.94. The average Bonchev–Trinajstić information content (AvgIpc) is 2.41. The van der Waals surface area contributed by atoms with Gasteiger partial charge in [-0.2, -0.15) is 0 Å². The van der Waals surface area contributed by atoms with Crippen molar-refractivity contribution in [1.82, 2.24) is 10.2 Å². The van der Waals surface area contributed by atoms with Crippen LogP contribution in [0, 0.1) is 0 Å². The molecule has 1 aromatic carbocycles. The Morgan fingerprint density at radius 3 is 2.32 bits per heavy atom. The monoisotopic (exact) mass is 318 g/mol. The zero-order chi connectivity index (χ0) is 16.5. The smallest absolute Gasteiger partial charge is 0.246 e. The second kappa shape index (κ2) is 5.87. The lowest BCUT2D eigenvalue weighted by Gasteiger charge is -2.56. The number of β-lactam (4-membered cyclic amide) rings is 1. The molecule has 0 aromatic heterocycles. The van der Waals surface area contributed by atoms with Crippen molar-refractivity contribution in [3.8, 4) is 0 Å². The molecule has 1 saturated heterocycles. The SMILES string of the molecule is C[SiH](C)C1(NC(=O)Cc2ccccc2)CN(C(C)(C)C)C1=O. The molecule has 0 aliphatic carbocycles. The van der Waals surface area contributed by atoms with Crippen LogP contribution in [0.2, 0.25) is 13.1 Å². The van der Waals surface area contributed by atoms with Crippen LogP contribution in [0.5, 0.6) is 0 Å². The Bertz CT molecular complexity index is 566. The topological polar surface area (TPSA) is 49.4 Å². The van der Waals surface area contributed by atoms with Gasteiger partial charge in [-0.05, 0) is 26.3 Å². The molecule has 1 aliphatic heterocycles. The Morgan fingerprint density at radius 2 is 1.86 bits per heavy atom. The molecule has 1 unspecified atom stereocenters. The van der Waals surface area contributed by atoms with Crippen LogP contribution in [0.4, 0.5) is 0 Å². The minimum Gasteiger partial charge on any atom is -0.343 e. The first-order valence-electron chi connectivity index (χ1n) is 7.84. The molecule has 2 rings (SSSR count). The van der Waals surface area contributed by atoms with E-state index in [1.54, 1.807) is 0 Å². The van der Waals surface area contributed by atoms with Crippen LogP contribution in [0.1, 0.15) is 26.3 Å². The van der Waals surface area contributed by atoms with Crippen LogP contribution in [-0.2, 0) is 16.0 Å². The minimum atomic E-state index is -1.37. The van der Waals surface area contributed by atoms with Gasteiger partial charge < -0.3 is 10.2 Å². The Kier molecular flexibility index (Phi) is 4.47. The van der Waals surface area contributed by atoms with Crippen molar-refractivity contribution in [3.05, 3.63) is 35.9 Å². The largest absolute Gasteiger partial charge is 0.343 e. The number of hydrogen-bond donors (Lipinski definition) is 1. The number of likely N-dealkylation sites (tertiary alicyclic amines) is 1. The maximum atomic E-state index is 12.7. The van der Waals surface area contributed by atoms with Gasteiger partial charge in [-0.3, -0.25) is 9.59 Å². The predicted octanol–water partition coefficient (Wildman–Crippen LogP) is 1.75. The maximum absolute atomic E-state index is 12.7. The second-order valence-corrected chi connectivity index (χ2v) is 10.7. The van der Waals surface area contributed by atoms with E-state index < -0.39 is 14.0 Å². The lowest BCUT2D eigenvalue weighted by Crippen LogP contribution is -2.82. The standard InChI is InChI=1S/C17H26N2O2Si/c1-16(2,3)19-12-17(15(19)21,22(4)5)18-14(20)11-13-9-7-6-8-10-13/h6-10,22H,11-12H2,1-5H3,(H,18,20). The molecular weight excluding hydrogens is 292 g/mol.